The number of benzene rings is 3. The molecule has 0 aliphatic rings. The number of hydrogen-bond acceptors (Lipinski definition) is 0. The Labute approximate surface area is 115 Å². The molecule has 0 amide bonds. The highest BCUT2D eigenvalue weighted by Gasteiger charge is 2.00. The third kappa shape index (κ3) is 2.39. The van der Waals surface area contributed by atoms with Gasteiger partial charge in [0.15, 0.2) is 11.6 Å². The molecule has 0 nitrogen and oxygen atoms in total. The van der Waals surface area contributed by atoms with Gasteiger partial charge in [-0.25, -0.2) is 8.78 Å². The Morgan fingerprint density at radius 2 is 1.50 bits per heavy atom. The second-order valence-corrected chi connectivity index (χ2v) is 4.41. The van der Waals surface area contributed by atoms with Crippen molar-refractivity contribution in [3.05, 3.63) is 83.4 Å². The van der Waals surface area contributed by atoms with E-state index in [0.717, 1.165) is 28.5 Å². The van der Waals surface area contributed by atoms with Crippen molar-refractivity contribution in [1.29, 1.82) is 0 Å². The summed E-state index contributed by atoms with van der Waals surface area (Å²) in [6, 6.07) is 17.4. The third-order valence-electron chi connectivity index (χ3n) is 3.05. The quantitative estimate of drug-likeness (QED) is 0.524. The second kappa shape index (κ2) is 5.14. The zero-order valence-electron chi connectivity index (χ0n) is 10.5. The highest BCUT2D eigenvalue weighted by Crippen LogP contribution is 2.17. The highest BCUT2D eigenvalue weighted by molar-refractivity contribution is 5.88. The van der Waals surface area contributed by atoms with Crippen molar-refractivity contribution in [2.45, 2.75) is 0 Å². The highest BCUT2D eigenvalue weighted by atomic mass is 19.2. The third-order valence-corrected chi connectivity index (χ3v) is 3.05. The predicted octanol–water partition coefficient (Wildman–Crippen LogP) is 4.52. The van der Waals surface area contributed by atoms with Crippen LogP contribution in [0.15, 0.2) is 60.7 Å². The van der Waals surface area contributed by atoms with Gasteiger partial charge in [0.05, 0.1) is 0 Å². The second-order valence-electron chi connectivity index (χ2n) is 4.41. The predicted molar refractivity (Wildman–Crippen MR) is 76.3 cm³/mol. The van der Waals surface area contributed by atoms with Crippen LogP contribution in [0.1, 0.15) is 11.1 Å². The van der Waals surface area contributed by atoms with Gasteiger partial charge in [0.2, 0.25) is 0 Å². The van der Waals surface area contributed by atoms with Crippen LogP contribution in [0.5, 0.6) is 0 Å². The molecule has 2 heteroatoms. The Morgan fingerprint density at radius 1 is 0.700 bits per heavy atom. The zero-order chi connectivity index (χ0) is 13.9. The van der Waals surface area contributed by atoms with Crippen LogP contribution in [0.4, 0.5) is 8.78 Å². The first-order chi connectivity index (χ1) is 9.74. The summed E-state index contributed by atoms with van der Waals surface area (Å²) in [5, 5.41) is 2.15. The van der Waals surface area contributed by atoms with Gasteiger partial charge in [-0.2, -0.15) is 0 Å². The molecule has 0 unspecified atom stereocenters. The van der Waals surface area contributed by atoms with Crippen LogP contribution in [0.25, 0.3) is 10.8 Å². The minimum Gasteiger partial charge on any atom is -0.204 e. The summed E-state index contributed by atoms with van der Waals surface area (Å²) in [7, 11) is 0. The molecule has 3 aromatic rings. The van der Waals surface area contributed by atoms with Gasteiger partial charge in [-0.15, -0.1) is 0 Å². The van der Waals surface area contributed by atoms with Crippen molar-refractivity contribution in [2.24, 2.45) is 0 Å². The van der Waals surface area contributed by atoms with Gasteiger partial charge in [0.1, 0.15) is 0 Å². The smallest absolute Gasteiger partial charge is 0.160 e. The SMILES string of the molecule is Fc1ccc(C#Cc2cccc3ccccc23)cc1F. The van der Waals surface area contributed by atoms with Crippen molar-refractivity contribution in [1.82, 2.24) is 0 Å². The van der Waals surface area contributed by atoms with Crippen molar-refractivity contribution in [3.63, 3.8) is 0 Å². The van der Waals surface area contributed by atoms with E-state index in [1.54, 1.807) is 0 Å². The van der Waals surface area contributed by atoms with Crippen LogP contribution in [-0.2, 0) is 0 Å². The van der Waals surface area contributed by atoms with Gasteiger partial charge < -0.3 is 0 Å². The van der Waals surface area contributed by atoms with Gasteiger partial charge >= 0.3 is 0 Å². The van der Waals surface area contributed by atoms with Crippen molar-refractivity contribution < 1.29 is 8.78 Å². The summed E-state index contributed by atoms with van der Waals surface area (Å²) in [4.78, 5) is 0. The molecule has 0 aliphatic heterocycles. The lowest BCUT2D eigenvalue weighted by atomic mass is 10.0. The van der Waals surface area contributed by atoms with Crippen LogP contribution in [-0.4, -0.2) is 0 Å². The monoisotopic (exact) mass is 264 g/mol. The van der Waals surface area contributed by atoms with Gasteiger partial charge in [-0.05, 0) is 35.0 Å². The summed E-state index contributed by atoms with van der Waals surface area (Å²) < 4.78 is 26.0. The van der Waals surface area contributed by atoms with Crippen LogP contribution in [0.2, 0.25) is 0 Å². The Morgan fingerprint density at radius 3 is 2.35 bits per heavy atom. The first-order valence-electron chi connectivity index (χ1n) is 6.19. The van der Waals surface area contributed by atoms with Crippen LogP contribution in [0, 0.1) is 23.5 Å². The van der Waals surface area contributed by atoms with E-state index in [1.165, 1.54) is 6.07 Å². The molecule has 0 fully saturated rings. The van der Waals surface area contributed by atoms with Crippen molar-refractivity contribution in [3.8, 4) is 11.8 Å². The van der Waals surface area contributed by atoms with E-state index in [2.05, 4.69) is 11.8 Å². The van der Waals surface area contributed by atoms with Gasteiger partial charge in [-0.3, -0.25) is 0 Å². The number of halogens is 2. The minimum atomic E-state index is -0.880. The average molecular weight is 264 g/mol. The van der Waals surface area contributed by atoms with Crippen molar-refractivity contribution in [2.75, 3.05) is 0 Å². The van der Waals surface area contributed by atoms with E-state index in [1.807, 2.05) is 42.5 Å². The van der Waals surface area contributed by atoms with E-state index in [9.17, 15) is 8.78 Å². The lowest BCUT2D eigenvalue weighted by Crippen LogP contribution is -1.85. The van der Waals surface area contributed by atoms with E-state index in [4.69, 9.17) is 0 Å². The molecule has 0 radical (unpaired) electrons. The Kier molecular flexibility index (Phi) is 3.18. The molecule has 3 aromatic carbocycles. The van der Waals surface area contributed by atoms with E-state index >= 15 is 0 Å². The Balaban J connectivity index is 2.06. The van der Waals surface area contributed by atoms with Gasteiger partial charge in [-0.1, -0.05) is 48.2 Å². The maximum absolute atomic E-state index is 13.1. The normalized spacial score (nSPS) is 10.1. The number of hydrogen-bond donors (Lipinski definition) is 0. The lowest BCUT2D eigenvalue weighted by molar-refractivity contribution is 0.508. The summed E-state index contributed by atoms with van der Waals surface area (Å²) in [6.45, 7) is 0. The molecule has 96 valence electrons. The number of rotatable bonds is 0. The molecule has 0 bridgehead atoms. The molecule has 0 aromatic heterocycles. The number of fused-ring (bicyclic) bond motifs is 1. The maximum atomic E-state index is 13.1. The lowest BCUT2D eigenvalue weighted by Gasteiger charge is -1.99. The molecule has 0 spiro atoms. The molecule has 20 heavy (non-hydrogen) atoms. The Bertz CT molecular complexity index is 833. The summed E-state index contributed by atoms with van der Waals surface area (Å²) in [5.74, 6) is 4.14. The molecule has 0 N–H and O–H groups in total. The van der Waals surface area contributed by atoms with Crippen molar-refractivity contribution >= 4 is 10.8 Å². The molecular formula is C18H10F2. The first-order valence-corrected chi connectivity index (χ1v) is 6.19. The fourth-order valence-corrected chi connectivity index (χ4v) is 2.05. The summed E-state index contributed by atoms with van der Waals surface area (Å²) >= 11 is 0. The fourth-order valence-electron chi connectivity index (χ4n) is 2.05. The zero-order valence-corrected chi connectivity index (χ0v) is 10.5. The molecule has 3 rings (SSSR count). The molecule has 0 aliphatic carbocycles. The van der Waals surface area contributed by atoms with Crippen LogP contribution >= 0.6 is 0 Å². The molecule has 0 atom stereocenters. The van der Waals surface area contributed by atoms with Gasteiger partial charge in [0, 0.05) is 11.1 Å². The van der Waals surface area contributed by atoms with Crippen LogP contribution in [0.3, 0.4) is 0 Å². The largest absolute Gasteiger partial charge is 0.204 e. The van der Waals surface area contributed by atoms with E-state index in [-0.39, 0.29) is 0 Å². The average Bonchev–Trinajstić information content (AvgIpc) is 2.48. The minimum absolute atomic E-state index is 0.455. The summed E-state index contributed by atoms with van der Waals surface area (Å²) in [5.41, 5.74) is 1.32. The topological polar surface area (TPSA) is 0 Å². The van der Waals surface area contributed by atoms with Gasteiger partial charge in [0.25, 0.3) is 0 Å². The molecule has 0 saturated heterocycles. The van der Waals surface area contributed by atoms with E-state index < -0.39 is 11.6 Å². The maximum Gasteiger partial charge on any atom is 0.160 e. The fraction of sp³-hybridized carbons (Fsp3) is 0. The Hall–Kier alpha value is -2.66. The molecule has 0 heterocycles. The first kappa shape index (κ1) is 12.4. The standard InChI is InChI=1S/C18H10F2/c19-17-11-9-13(12-18(17)20)8-10-15-6-3-5-14-4-1-2-7-16(14)15/h1-7,9,11-12H. The molecule has 0 saturated carbocycles. The molecular weight excluding hydrogens is 254 g/mol. The van der Waals surface area contributed by atoms with Crippen LogP contribution < -0.4 is 0 Å². The van der Waals surface area contributed by atoms with E-state index in [0.29, 0.717) is 5.56 Å². The summed E-state index contributed by atoms with van der Waals surface area (Å²) in [6.07, 6.45) is 0.